The average molecular weight is 350 g/mol. The molecule has 0 radical (unpaired) electrons. The number of aromatic nitrogens is 2. The van der Waals surface area contributed by atoms with Crippen LogP contribution < -0.4 is 0 Å². The fourth-order valence-electron chi connectivity index (χ4n) is 3.45. The summed E-state index contributed by atoms with van der Waals surface area (Å²) in [5, 5.41) is 9.47. The zero-order valence-corrected chi connectivity index (χ0v) is 14.6. The van der Waals surface area contributed by atoms with Crippen molar-refractivity contribution in [3.63, 3.8) is 0 Å². The van der Waals surface area contributed by atoms with Crippen molar-refractivity contribution in [3.8, 4) is 0 Å². The van der Waals surface area contributed by atoms with Crippen LogP contribution in [-0.4, -0.2) is 56.4 Å². The SMILES string of the molecule is O=C(c1ccc2nccn2c1)N1CCN(Cc2ccccc2CO)CC1. The lowest BCUT2D eigenvalue weighted by atomic mass is 10.1. The molecule has 26 heavy (non-hydrogen) atoms. The Kier molecular flexibility index (Phi) is 4.69. The first-order valence-electron chi connectivity index (χ1n) is 8.86. The van der Waals surface area contributed by atoms with Crippen LogP contribution in [0.3, 0.4) is 0 Å². The van der Waals surface area contributed by atoms with Crippen molar-refractivity contribution in [3.05, 3.63) is 71.7 Å². The summed E-state index contributed by atoms with van der Waals surface area (Å²) in [7, 11) is 0. The predicted octanol–water partition coefficient (Wildman–Crippen LogP) is 1.78. The summed E-state index contributed by atoms with van der Waals surface area (Å²) in [5.74, 6) is 0.0657. The lowest BCUT2D eigenvalue weighted by Gasteiger charge is -2.35. The van der Waals surface area contributed by atoms with Gasteiger partial charge in [0.25, 0.3) is 5.91 Å². The molecule has 3 heterocycles. The number of imidazole rings is 1. The van der Waals surface area contributed by atoms with Crippen molar-refractivity contribution in [2.45, 2.75) is 13.2 Å². The Morgan fingerprint density at radius 2 is 1.81 bits per heavy atom. The molecule has 1 N–H and O–H groups in total. The Labute approximate surface area is 152 Å². The van der Waals surface area contributed by atoms with Gasteiger partial charge in [0.05, 0.1) is 12.2 Å². The molecular weight excluding hydrogens is 328 g/mol. The van der Waals surface area contributed by atoms with Crippen molar-refractivity contribution in [2.24, 2.45) is 0 Å². The van der Waals surface area contributed by atoms with Gasteiger partial charge in [-0.1, -0.05) is 24.3 Å². The van der Waals surface area contributed by atoms with E-state index >= 15 is 0 Å². The van der Waals surface area contributed by atoms with Gasteiger partial charge in [0.1, 0.15) is 5.65 Å². The molecule has 1 aliphatic heterocycles. The Bertz CT molecular complexity index is 913. The topological polar surface area (TPSA) is 61.1 Å². The number of carbonyl (C=O) groups is 1. The fourth-order valence-corrected chi connectivity index (χ4v) is 3.45. The highest BCUT2D eigenvalue weighted by Crippen LogP contribution is 2.15. The van der Waals surface area contributed by atoms with E-state index in [9.17, 15) is 9.90 Å². The number of fused-ring (bicyclic) bond motifs is 1. The minimum Gasteiger partial charge on any atom is -0.392 e. The molecule has 0 aliphatic carbocycles. The second-order valence-electron chi connectivity index (χ2n) is 6.61. The summed E-state index contributed by atoms with van der Waals surface area (Å²) in [4.78, 5) is 21.2. The van der Waals surface area contributed by atoms with Crippen LogP contribution in [0.4, 0.5) is 0 Å². The number of carbonyl (C=O) groups excluding carboxylic acids is 1. The van der Waals surface area contributed by atoms with E-state index in [2.05, 4.69) is 16.0 Å². The van der Waals surface area contributed by atoms with Gasteiger partial charge < -0.3 is 14.4 Å². The van der Waals surface area contributed by atoms with Crippen LogP contribution in [0.5, 0.6) is 0 Å². The maximum Gasteiger partial charge on any atom is 0.255 e. The van der Waals surface area contributed by atoms with Crippen LogP contribution in [0.1, 0.15) is 21.5 Å². The summed E-state index contributed by atoms with van der Waals surface area (Å²) in [6.07, 6.45) is 5.42. The van der Waals surface area contributed by atoms with Gasteiger partial charge in [0.2, 0.25) is 0 Å². The molecule has 3 aromatic rings. The standard InChI is InChI=1S/C20H22N4O2/c25-15-18-4-2-1-3-16(18)13-22-9-11-23(12-10-22)20(26)17-5-6-19-21-7-8-24(19)14-17/h1-8,14,25H,9-13,15H2. The lowest BCUT2D eigenvalue weighted by molar-refractivity contribution is 0.0627. The monoisotopic (exact) mass is 350 g/mol. The molecule has 1 amide bonds. The smallest absolute Gasteiger partial charge is 0.255 e. The highest BCUT2D eigenvalue weighted by molar-refractivity contribution is 5.94. The van der Waals surface area contributed by atoms with Crippen LogP contribution in [0.15, 0.2) is 55.0 Å². The summed E-state index contributed by atoms with van der Waals surface area (Å²) in [6, 6.07) is 11.7. The van der Waals surface area contributed by atoms with Gasteiger partial charge >= 0.3 is 0 Å². The summed E-state index contributed by atoms with van der Waals surface area (Å²) >= 11 is 0. The first-order valence-corrected chi connectivity index (χ1v) is 8.86. The molecule has 0 unspecified atom stereocenters. The lowest BCUT2D eigenvalue weighted by Crippen LogP contribution is -2.48. The number of hydrogen-bond acceptors (Lipinski definition) is 4. The normalized spacial score (nSPS) is 15.5. The quantitative estimate of drug-likeness (QED) is 0.779. The van der Waals surface area contributed by atoms with Gasteiger partial charge in [-0.3, -0.25) is 9.69 Å². The van der Waals surface area contributed by atoms with Crippen LogP contribution in [0.25, 0.3) is 5.65 Å². The van der Waals surface area contributed by atoms with Crippen molar-refractivity contribution < 1.29 is 9.90 Å². The van der Waals surface area contributed by atoms with E-state index in [0.717, 1.165) is 36.4 Å². The molecule has 1 aromatic carbocycles. The van der Waals surface area contributed by atoms with E-state index in [1.165, 1.54) is 0 Å². The second kappa shape index (κ2) is 7.27. The van der Waals surface area contributed by atoms with E-state index in [4.69, 9.17) is 0 Å². The molecule has 0 atom stereocenters. The minimum absolute atomic E-state index is 0.0609. The fraction of sp³-hybridized carbons (Fsp3) is 0.300. The molecule has 0 spiro atoms. The van der Waals surface area contributed by atoms with E-state index in [1.54, 1.807) is 6.20 Å². The molecule has 1 saturated heterocycles. The third-order valence-electron chi connectivity index (χ3n) is 4.98. The Morgan fingerprint density at radius 1 is 1.04 bits per heavy atom. The van der Waals surface area contributed by atoms with E-state index in [-0.39, 0.29) is 12.5 Å². The zero-order valence-electron chi connectivity index (χ0n) is 14.6. The van der Waals surface area contributed by atoms with Crippen molar-refractivity contribution in [2.75, 3.05) is 26.2 Å². The maximum absolute atomic E-state index is 12.8. The molecule has 1 aliphatic rings. The van der Waals surface area contributed by atoms with Gasteiger partial charge in [0, 0.05) is 51.3 Å². The highest BCUT2D eigenvalue weighted by atomic mass is 16.3. The molecule has 2 aromatic heterocycles. The molecule has 1 fully saturated rings. The van der Waals surface area contributed by atoms with E-state index < -0.39 is 0 Å². The number of pyridine rings is 1. The first-order chi connectivity index (χ1) is 12.7. The molecular formula is C20H22N4O2. The molecule has 6 heteroatoms. The maximum atomic E-state index is 12.8. The third kappa shape index (κ3) is 3.34. The minimum atomic E-state index is 0.0609. The summed E-state index contributed by atoms with van der Waals surface area (Å²) < 4.78 is 1.87. The first kappa shape index (κ1) is 16.8. The molecule has 134 valence electrons. The van der Waals surface area contributed by atoms with Gasteiger partial charge in [-0.2, -0.15) is 0 Å². The number of aliphatic hydroxyl groups is 1. The van der Waals surface area contributed by atoms with Gasteiger partial charge in [-0.15, -0.1) is 0 Å². The van der Waals surface area contributed by atoms with Gasteiger partial charge in [0.15, 0.2) is 0 Å². The average Bonchev–Trinajstić information content (AvgIpc) is 3.16. The third-order valence-corrected chi connectivity index (χ3v) is 4.98. The highest BCUT2D eigenvalue weighted by Gasteiger charge is 2.22. The van der Waals surface area contributed by atoms with Crippen LogP contribution in [-0.2, 0) is 13.2 Å². The zero-order chi connectivity index (χ0) is 17.9. The van der Waals surface area contributed by atoms with Gasteiger partial charge in [-0.25, -0.2) is 4.98 Å². The number of nitrogens with zero attached hydrogens (tertiary/aromatic N) is 4. The Morgan fingerprint density at radius 3 is 2.58 bits per heavy atom. The summed E-state index contributed by atoms with van der Waals surface area (Å²) in [5.41, 5.74) is 3.66. The number of aliphatic hydroxyl groups excluding tert-OH is 1. The van der Waals surface area contributed by atoms with Crippen LogP contribution >= 0.6 is 0 Å². The Balaban J connectivity index is 1.39. The van der Waals surface area contributed by atoms with Crippen LogP contribution in [0.2, 0.25) is 0 Å². The van der Waals surface area contributed by atoms with Crippen molar-refractivity contribution in [1.29, 1.82) is 0 Å². The summed E-state index contributed by atoms with van der Waals surface area (Å²) in [6.45, 7) is 3.95. The van der Waals surface area contributed by atoms with Crippen molar-refractivity contribution in [1.82, 2.24) is 19.2 Å². The van der Waals surface area contributed by atoms with Crippen LogP contribution in [0, 0.1) is 0 Å². The predicted molar refractivity (Wildman–Crippen MR) is 98.7 cm³/mol. The number of benzene rings is 1. The molecule has 0 saturated carbocycles. The number of piperazine rings is 1. The van der Waals surface area contributed by atoms with Crippen molar-refractivity contribution >= 4 is 11.6 Å². The number of rotatable bonds is 4. The van der Waals surface area contributed by atoms with E-state index in [1.807, 2.05) is 52.0 Å². The van der Waals surface area contributed by atoms with Gasteiger partial charge in [-0.05, 0) is 23.3 Å². The molecule has 4 rings (SSSR count). The molecule has 0 bridgehead atoms. The van der Waals surface area contributed by atoms with E-state index in [0.29, 0.717) is 18.7 Å². The molecule has 6 nitrogen and oxygen atoms in total. The number of amides is 1. The second-order valence-corrected chi connectivity index (χ2v) is 6.61. The Hall–Kier alpha value is -2.70. The number of hydrogen-bond donors (Lipinski definition) is 1. The largest absolute Gasteiger partial charge is 0.392 e.